The number of carbonyl (C=O) groups is 3. The van der Waals surface area contributed by atoms with E-state index in [1.54, 1.807) is 25.7 Å². The summed E-state index contributed by atoms with van der Waals surface area (Å²) in [7, 11) is 0. The predicted molar refractivity (Wildman–Crippen MR) is 105 cm³/mol. The Morgan fingerprint density at radius 3 is 2.54 bits per heavy atom. The average Bonchev–Trinajstić information content (AvgIpc) is 3.23. The number of nitrogens with one attached hydrogen (secondary N) is 2. The average molecular weight is 383 g/mol. The molecule has 1 aromatic carbocycles. The summed E-state index contributed by atoms with van der Waals surface area (Å²) in [4.78, 5) is 41.2. The van der Waals surface area contributed by atoms with Gasteiger partial charge in [0.15, 0.2) is 0 Å². The maximum atomic E-state index is 12.6. The van der Waals surface area contributed by atoms with E-state index in [9.17, 15) is 14.4 Å². The van der Waals surface area contributed by atoms with Crippen molar-refractivity contribution in [3.05, 3.63) is 52.3 Å². The summed E-state index contributed by atoms with van der Waals surface area (Å²) in [5, 5.41) is 2.86. The highest BCUT2D eigenvalue weighted by Crippen LogP contribution is 2.22. The highest BCUT2D eigenvalue weighted by atomic mass is 16.5. The number of hydrogen-bond donors (Lipinski definition) is 2. The molecule has 1 aliphatic rings. The fourth-order valence-corrected chi connectivity index (χ4v) is 3.47. The molecule has 3 rings (SSSR count). The number of ether oxygens (including phenoxy) is 1. The molecule has 148 valence electrons. The fraction of sp³-hybridized carbons (Fsp3) is 0.381. The van der Waals surface area contributed by atoms with Gasteiger partial charge in [0.25, 0.3) is 5.91 Å². The van der Waals surface area contributed by atoms with E-state index >= 15 is 0 Å². The molecule has 0 atom stereocenters. The Bertz CT molecular complexity index is 899. The first-order chi connectivity index (χ1) is 13.4. The van der Waals surface area contributed by atoms with Gasteiger partial charge in [-0.2, -0.15) is 0 Å². The van der Waals surface area contributed by atoms with Crippen molar-refractivity contribution in [2.24, 2.45) is 0 Å². The van der Waals surface area contributed by atoms with Crippen molar-refractivity contribution in [3.8, 4) is 0 Å². The van der Waals surface area contributed by atoms with Crippen molar-refractivity contribution in [1.82, 2.24) is 10.3 Å². The smallest absolute Gasteiger partial charge is 0.340 e. The van der Waals surface area contributed by atoms with Crippen LogP contribution in [0.5, 0.6) is 0 Å². The monoisotopic (exact) mass is 383 g/mol. The summed E-state index contributed by atoms with van der Waals surface area (Å²) in [6, 6.07) is 7.59. The number of amides is 2. The number of hydrogen-bond acceptors (Lipinski definition) is 4. The molecular weight excluding hydrogens is 358 g/mol. The van der Waals surface area contributed by atoms with Crippen molar-refractivity contribution in [2.45, 2.75) is 40.2 Å². The first-order valence-electron chi connectivity index (χ1n) is 9.46. The number of esters is 1. The van der Waals surface area contributed by atoms with E-state index in [0.29, 0.717) is 35.5 Å². The van der Waals surface area contributed by atoms with Crippen LogP contribution in [0, 0.1) is 13.8 Å². The van der Waals surface area contributed by atoms with E-state index in [1.807, 2.05) is 24.3 Å². The lowest BCUT2D eigenvalue weighted by molar-refractivity contribution is -0.117. The molecule has 1 aliphatic heterocycles. The molecular formula is C21H25N3O4. The highest BCUT2D eigenvalue weighted by molar-refractivity contribution is 6.00. The third kappa shape index (κ3) is 3.93. The van der Waals surface area contributed by atoms with E-state index < -0.39 is 5.97 Å². The second-order valence-electron chi connectivity index (χ2n) is 6.84. The maximum absolute atomic E-state index is 12.6. The van der Waals surface area contributed by atoms with Gasteiger partial charge in [-0.15, -0.1) is 0 Å². The summed E-state index contributed by atoms with van der Waals surface area (Å²) < 4.78 is 5.05. The van der Waals surface area contributed by atoms with E-state index in [2.05, 4.69) is 10.3 Å². The minimum Gasteiger partial charge on any atom is -0.462 e. The van der Waals surface area contributed by atoms with Gasteiger partial charge in [-0.1, -0.05) is 12.1 Å². The van der Waals surface area contributed by atoms with Gasteiger partial charge < -0.3 is 19.9 Å². The second kappa shape index (κ2) is 8.29. The van der Waals surface area contributed by atoms with Crippen molar-refractivity contribution in [2.75, 3.05) is 18.1 Å². The molecule has 0 radical (unpaired) electrons. The fourth-order valence-electron chi connectivity index (χ4n) is 3.47. The zero-order valence-electron chi connectivity index (χ0n) is 16.4. The highest BCUT2D eigenvalue weighted by Gasteiger charge is 2.23. The molecule has 0 bridgehead atoms. The number of aromatic nitrogens is 1. The topological polar surface area (TPSA) is 91.5 Å². The van der Waals surface area contributed by atoms with Crippen LogP contribution in [-0.4, -0.2) is 35.9 Å². The second-order valence-corrected chi connectivity index (χ2v) is 6.84. The number of rotatable bonds is 6. The Kier molecular flexibility index (Phi) is 5.82. The first kappa shape index (κ1) is 19.7. The van der Waals surface area contributed by atoms with Crippen molar-refractivity contribution >= 4 is 23.5 Å². The van der Waals surface area contributed by atoms with Gasteiger partial charge in [0, 0.05) is 30.9 Å². The van der Waals surface area contributed by atoms with Gasteiger partial charge in [0.05, 0.1) is 12.2 Å². The van der Waals surface area contributed by atoms with E-state index in [1.165, 1.54) is 0 Å². The number of nitrogens with zero attached hydrogens (tertiary/aromatic N) is 1. The Hall–Kier alpha value is -3.09. The van der Waals surface area contributed by atoms with Crippen molar-refractivity contribution in [1.29, 1.82) is 0 Å². The van der Waals surface area contributed by atoms with Crippen LogP contribution in [-0.2, 0) is 16.1 Å². The van der Waals surface area contributed by atoms with Gasteiger partial charge in [0.2, 0.25) is 5.91 Å². The van der Waals surface area contributed by atoms with Crippen LogP contribution in [0.15, 0.2) is 24.3 Å². The van der Waals surface area contributed by atoms with E-state index in [-0.39, 0.29) is 18.4 Å². The van der Waals surface area contributed by atoms with Crippen LogP contribution >= 0.6 is 0 Å². The molecule has 28 heavy (non-hydrogen) atoms. The van der Waals surface area contributed by atoms with Crippen LogP contribution < -0.4 is 10.2 Å². The molecule has 7 nitrogen and oxygen atoms in total. The summed E-state index contributed by atoms with van der Waals surface area (Å²) in [6.45, 7) is 6.60. The Labute approximate surface area is 164 Å². The lowest BCUT2D eigenvalue weighted by Gasteiger charge is -2.16. The molecule has 0 spiro atoms. The lowest BCUT2D eigenvalue weighted by Crippen LogP contribution is -2.25. The number of aryl methyl sites for hydroxylation is 1. The minimum atomic E-state index is -0.431. The van der Waals surface area contributed by atoms with Crippen LogP contribution in [0.1, 0.15) is 57.4 Å². The molecule has 1 aromatic heterocycles. The summed E-state index contributed by atoms with van der Waals surface area (Å²) >= 11 is 0. The van der Waals surface area contributed by atoms with Crippen LogP contribution in [0.25, 0.3) is 0 Å². The molecule has 2 N–H and O–H groups in total. The molecule has 1 saturated heterocycles. The number of aromatic amines is 1. The van der Waals surface area contributed by atoms with Crippen LogP contribution in [0.4, 0.5) is 5.69 Å². The number of benzene rings is 1. The molecule has 1 fully saturated rings. The van der Waals surface area contributed by atoms with Gasteiger partial charge >= 0.3 is 5.97 Å². The first-order valence-corrected chi connectivity index (χ1v) is 9.46. The molecule has 0 saturated carbocycles. The molecule has 0 unspecified atom stereocenters. The zero-order chi connectivity index (χ0) is 20.3. The number of carbonyl (C=O) groups excluding carboxylic acids is 3. The SMILES string of the molecule is CCOC(=O)c1c(C)[nH]c(C(=O)NCc2ccc(N3CCCC3=O)cc2)c1C. The molecule has 2 heterocycles. The predicted octanol–water partition coefficient (Wildman–Crippen LogP) is 2.87. The van der Waals surface area contributed by atoms with Gasteiger partial charge in [-0.25, -0.2) is 4.79 Å². The van der Waals surface area contributed by atoms with Crippen LogP contribution in [0.2, 0.25) is 0 Å². The Morgan fingerprint density at radius 1 is 1.21 bits per heavy atom. The minimum absolute atomic E-state index is 0.149. The van der Waals surface area contributed by atoms with Crippen molar-refractivity contribution in [3.63, 3.8) is 0 Å². The van der Waals surface area contributed by atoms with Crippen molar-refractivity contribution < 1.29 is 19.1 Å². The third-order valence-corrected chi connectivity index (χ3v) is 4.92. The lowest BCUT2D eigenvalue weighted by atomic mass is 10.1. The summed E-state index contributed by atoms with van der Waals surface area (Å²) in [5.41, 5.74) is 3.77. The van der Waals surface area contributed by atoms with Gasteiger partial charge in [-0.05, 0) is 50.5 Å². The van der Waals surface area contributed by atoms with E-state index in [0.717, 1.165) is 24.2 Å². The van der Waals surface area contributed by atoms with E-state index in [4.69, 9.17) is 4.74 Å². The quantitative estimate of drug-likeness (QED) is 0.751. The van der Waals surface area contributed by atoms with Gasteiger partial charge in [0.1, 0.15) is 5.69 Å². The Balaban J connectivity index is 1.65. The van der Waals surface area contributed by atoms with Gasteiger partial charge in [-0.3, -0.25) is 9.59 Å². The third-order valence-electron chi connectivity index (χ3n) is 4.92. The zero-order valence-corrected chi connectivity index (χ0v) is 16.4. The normalized spacial score (nSPS) is 13.7. The molecule has 2 amide bonds. The number of H-pyrrole nitrogens is 1. The molecule has 2 aromatic rings. The molecule has 0 aliphatic carbocycles. The largest absolute Gasteiger partial charge is 0.462 e. The maximum Gasteiger partial charge on any atom is 0.340 e. The van der Waals surface area contributed by atoms with Crippen LogP contribution in [0.3, 0.4) is 0 Å². The molecule has 7 heteroatoms. The Morgan fingerprint density at radius 2 is 1.93 bits per heavy atom. The standard InChI is InChI=1S/C21H25N3O4/c1-4-28-21(27)18-13(2)19(23-14(18)3)20(26)22-12-15-7-9-16(10-8-15)24-11-5-6-17(24)25/h7-10,23H,4-6,11-12H2,1-3H3,(H,22,26). The summed E-state index contributed by atoms with van der Waals surface area (Å²) in [5.74, 6) is -0.564. The number of anilines is 1. The summed E-state index contributed by atoms with van der Waals surface area (Å²) in [6.07, 6.45) is 1.49.